The SMILES string of the molecule is CC1(C)OCC(CNCc2c(O)cccc2Cl)O1. The van der Waals surface area contributed by atoms with Crippen LogP contribution >= 0.6 is 11.6 Å². The summed E-state index contributed by atoms with van der Waals surface area (Å²) in [4.78, 5) is 0. The Labute approximate surface area is 112 Å². The highest BCUT2D eigenvalue weighted by molar-refractivity contribution is 6.31. The van der Waals surface area contributed by atoms with Crippen molar-refractivity contribution in [2.45, 2.75) is 32.3 Å². The van der Waals surface area contributed by atoms with E-state index in [0.29, 0.717) is 30.3 Å². The van der Waals surface area contributed by atoms with Crippen LogP contribution in [-0.2, 0) is 16.0 Å². The highest BCUT2D eigenvalue weighted by Gasteiger charge is 2.32. The van der Waals surface area contributed by atoms with Gasteiger partial charge in [0.2, 0.25) is 0 Å². The zero-order valence-electron chi connectivity index (χ0n) is 10.6. The standard InChI is InChI=1S/C13H18ClNO3/c1-13(2)17-8-9(18-13)6-15-7-10-11(14)4-3-5-12(10)16/h3-5,9,15-16H,6-8H2,1-2H3. The number of hydrogen-bond donors (Lipinski definition) is 2. The minimum absolute atomic E-state index is 0.0321. The smallest absolute Gasteiger partial charge is 0.163 e. The lowest BCUT2D eigenvalue weighted by Crippen LogP contribution is -2.30. The number of aromatic hydroxyl groups is 1. The Morgan fingerprint density at radius 3 is 2.89 bits per heavy atom. The van der Waals surface area contributed by atoms with Gasteiger partial charge < -0.3 is 19.9 Å². The lowest BCUT2D eigenvalue weighted by Gasteiger charge is -2.17. The van der Waals surface area contributed by atoms with Crippen molar-refractivity contribution in [2.24, 2.45) is 0 Å². The van der Waals surface area contributed by atoms with E-state index in [1.807, 2.05) is 13.8 Å². The van der Waals surface area contributed by atoms with Crippen LogP contribution in [0.1, 0.15) is 19.4 Å². The molecule has 1 unspecified atom stereocenters. The van der Waals surface area contributed by atoms with E-state index in [4.69, 9.17) is 21.1 Å². The van der Waals surface area contributed by atoms with Crippen molar-refractivity contribution in [3.05, 3.63) is 28.8 Å². The molecule has 0 spiro atoms. The summed E-state index contributed by atoms with van der Waals surface area (Å²) in [6, 6.07) is 5.11. The number of phenolic OH excluding ortho intramolecular Hbond substituents is 1. The molecule has 2 rings (SSSR count). The van der Waals surface area contributed by atoms with Crippen molar-refractivity contribution in [3.8, 4) is 5.75 Å². The van der Waals surface area contributed by atoms with Crippen LogP contribution in [0.15, 0.2) is 18.2 Å². The fourth-order valence-corrected chi connectivity index (χ4v) is 2.18. The van der Waals surface area contributed by atoms with Crippen LogP contribution in [0.5, 0.6) is 5.75 Å². The Bertz CT molecular complexity index is 402. The lowest BCUT2D eigenvalue weighted by atomic mass is 10.2. The van der Waals surface area contributed by atoms with E-state index < -0.39 is 5.79 Å². The number of phenols is 1. The summed E-state index contributed by atoms with van der Waals surface area (Å²) in [5.74, 6) is -0.294. The molecule has 0 saturated carbocycles. The summed E-state index contributed by atoms with van der Waals surface area (Å²) in [5, 5.41) is 13.5. The van der Waals surface area contributed by atoms with E-state index in [-0.39, 0.29) is 11.9 Å². The molecule has 18 heavy (non-hydrogen) atoms. The molecule has 4 nitrogen and oxygen atoms in total. The second-order valence-electron chi connectivity index (χ2n) is 4.82. The summed E-state index contributed by atoms with van der Waals surface area (Å²) >= 11 is 6.01. The third kappa shape index (κ3) is 3.36. The van der Waals surface area contributed by atoms with Crippen molar-refractivity contribution >= 4 is 11.6 Å². The molecule has 1 fully saturated rings. The van der Waals surface area contributed by atoms with Gasteiger partial charge in [-0.15, -0.1) is 0 Å². The first kappa shape index (κ1) is 13.6. The second kappa shape index (κ2) is 5.45. The van der Waals surface area contributed by atoms with Gasteiger partial charge in [-0.1, -0.05) is 17.7 Å². The number of benzene rings is 1. The predicted octanol–water partition coefficient (Wildman–Crippen LogP) is 2.29. The Hall–Kier alpha value is -0.810. The zero-order valence-corrected chi connectivity index (χ0v) is 11.3. The summed E-state index contributed by atoms with van der Waals surface area (Å²) in [7, 11) is 0. The molecule has 2 N–H and O–H groups in total. The average Bonchev–Trinajstić information content (AvgIpc) is 2.63. The summed E-state index contributed by atoms with van der Waals surface area (Å²) in [6.07, 6.45) is 0.0321. The van der Waals surface area contributed by atoms with E-state index in [0.717, 1.165) is 0 Å². The number of rotatable bonds is 4. The van der Waals surface area contributed by atoms with Crippen LogP contribution in [0.25, 0.3) is 0 Å². The Balaban J connectivity index is 1.83. The molecule has 1 aliphatic rings. The van der Waals surface area contributed by atoms with Crippen LogP contribution in [0.4, 0.5) is 0 Å². The Kier molecular flexibility index (Phi) is 4.12. The van der Waals surface area contributed by atoms with E-state index >= 15 is 0 Å². The third-order valence-corrected chi connectivity index (χ3v) is 3.19. The van der Waals surface area contributed by atoms with Gasteiger partial charge in [-0.25, -0.2) is 0 Å². The highest BCUT2D eigenvalue weighted by atomic mass is 35.5. The topological polar surface area (TPSA) is 50.7 Å². The summed E-state index contributed by atoms with van der Waals surface area (Å²) in [5.41, 5.74) is 0.706. The molecule has 0 amide bonds. The van der Waals surface area contributed by atoms with Crippen molar-refractivity contribution in [1.82, 2.24) is 5.32 Å². The van der Waals surface area contributed by atoms with Crippen molar-refractivity contribution < 1.29 is 14.6 Å². The molecule has 1 aliphatic heterocycles. The molecule has 1 aromatic carbocycles. The second-order valence-corrected chi connectivity index (χ2v) is 5.23. The molecule has 1 atom stereocenters. The third-order valence-electron chi connectivity index (χ3n) is 2.84. The van der Waals surface area contributed by atoms with Gasteiger partial charge in [-0.2, -0.15) is 0 Å². The maximum Gasteiger partial charge on any atom is 0.163 e. The molecular weight excluding hydrogens is 254 g/mol. The first-order valence-corrected chi connectivity index (χ1v) is 6.34. The van der Waals surface area contributed by atoms with Crippen molar-refractivity contribution in [3.63, 3.8) is 0 Å². The van der Waals surface area contributed by atoms with Crippen LogP contribution in [0.3, 0.4) is 0 Å². The summed E-state index contributed by atoms with van der Waals surface area (Å²) in [6.45, 7) is 5.54. The van der Waals surface area contributed by atoms with E-state index in [1.165, 1.54) is 0 Å². The maximum atomic E-state index is 9.69. The predicted molar refractivity (Wildman–Crippen MR) is 69.7 cm³/mol. The minimum atomic E-state index is -0.501. The number of halogens is 1. The molecule has 1 saturated heterocycles. The number of hydrogen-bond acceptors (Lipinski definition) is 4. The van der Waals surface area contributed by atoms with Gasteiger partial charge in [0.15, 0.2) is 5.79 Å². The van der Waals surface area contributed by atoms with Crippen LogP contribution in [0, 0.1) is 0 Å². The largest absolute Gasteiger partial charge is 0.508 e. The fraction of sp³-hybridized carbons (Fsp3) is 0.538. The molecule has 0 aromatic heterocycles. The maximum absolute atomic E-state index is 9.69. The van der Waals surface area contributed by atoms with Gasteiger partial charge in [0.25, 0.3) is 0 Å². The molecule has 0 bridgehead atoms. The minimum Gasteiger partial charge on any atom is -0.508 e. The molecule has 5 heteroatoms. The Morgan fingerprint density at radius 1 is 1.50 bits per heavy atom. The molecule has 0 aliphatic carbocycles. The first-order chi connectivity index (χ1) is 8.48. The molecule has 1 aromatic rings. The van der Waals surface area contributed by atoms with Crippen LogP contribution in [-0.4, -0.2) is 30.1 Å². The lowest BCUT2D eigenvalue weighted by molar-refractivity contribution is -0.137. The Morgan fingerprint density at radius 2 is 2.28 bits per heavy atom. The quantitative estimate of drug-likeness (QED) is 0.882. The van der Waals surface area contributed by atoms with Crippen molar-refractivity contribution in [2.75, 3.05) is 13.2 Å². The highest BCUT2D eigenvalue weighted by Crippen LogP contribution is 2.25. The van der Waals surface area contributed by atoms with Gasteiger partial charge in [-0.05, 0) is 26.0 Å². The first-order valence-electron chi connectivity index (χ1n) is 5.97. The van der Waals surface area contributed by atoms with E-state index in [2.05, 4.69) is 5.32 Å². The molecule has 100 valence electrons. The van der Waals surface area contributed by atoms with E-state index in [9.17, 15) is 5.11 Å². The van der Waals surface area contributed by atoms with Gasteiger partial charge in [0, 0.05) is 23.7 Å². The fourth-order valence-electron chi connectivity index (χ4n) is 1.94. The normalized spacial score (nSPS) is 22.3. The monoisotopic (exact) mass is 271 g/mol. The molecule has 1 heterocycles. The summed E-state index contributed by atoms with van der Waals surface area (Å²) < 4.78 is 11.1. The van der Waals surface area contributed by atoms with E-state index in [1.54, 1.807) is 18.2 Å². The molecular formula is C13H18ClNO3. The van der Waals surface area contributed by atoms with Gasteiger partial charge in [-0.3, -0.25) is 0 Å². The average molecular weight is 272 g/mol. The van der Waals surface area contributed by atoms with Crippen LogP contribution < -0.4 is 5.32 Å². The zero-order chi connectivity index (χ0) is 13.2. The molecule has 0 radical (unpaired) electrons. The van der Waals surface area contributed by atoms with Crippen molar-refractivity contribution in [1.29, 1.82) is 0 Å². The number of nitrogens with one attached hydrogen (secondary N) is 1. The van der Waals surface area contributed by atoms with Gasteiger partial charge in [0.1, 0.15) is 5.75 Å². The van der Waals surface area contributed by atoms with Gasteiger partial charge >= 0.3 is 0 Å². The van der Waals surface area contributed by atoms with Gasteiger partial charge in [0.05, 0.1) is 12.7 Å². The number of ether oxygens (including phenoxy) is 2. The van der Waals surface area contributed by atoms with Crippen LogP contribution in [0.2, 0.25) is 5.02 Å².